The quantitative estimate of drug-likeness (QED) is 0.767. The Balaban J connectivity index is 2.04. The van der Waals surface area contributed by atoms with E-state index < -0.39 is 11.8 Å². The zero-order valence-corrected chi connectivity index (χ0v) is 13.9. The van der Waals surface area contributed by atoms with E-state index in [2.05, 4.69) is 4.98 Å². The van der Waals surface area contributed by atoms with E-state index in [-0.39, 0.29) is 33.8 Å². The van der Waals surface area contributed by atoms with Crippen LogP contribution in [0.1, 0.15) is 15.5 Å². The van der Waals surface area contributed by atoms with Crippen LogP contribution >= 0.6 is 46.1 Å². The van der Waals surface area contributed by atoms with Crippen LogP contribution in [0, 0.1) is 0 Å². The van der Waals surface area contributed by atoms with E-state index in [1.165, 1.54) is 17.5 Å². The molecule has 2 aromatic rings. The van der Waals surface area contributed by atoms with Crippen molar-refractivity contribution in [3.8, 4) is 5.75 Å². The largest absolute Gasteiger partial charge is 0.482 e. The van der Waals surface area contributed by atoms with Crippen LogP contribution < -0.4 is 4.74 Å². The summed E-state index contributed by atoms with van der Waals surface area (Å²) in [5, 5.41) is 11.1. The first kappa shape index (κ1) is 17.0. The van der Waals surface area contributed by atoms with Crippen LogP contribution in [-0.2, 0) is 11.2 Å². The molecular formula is C13H8Cl3NO4S. The van der Waals surface area contributed by atoms with E-state index >= 15 is 0 Å². The Hall–Kier alpha value is -1.34. The second-order valence-corrected chi connectivity index (χ2v) is 6.23. The van der Waals surface area contributed by atoms with Gasteiger partial charge in [-0.3, -0.25) is 9.59 Å². The average molecular weight is 381 g/mol. The van der Waals surface area contributed by atoms with E-state index in [1.54, 1.807) is 0 Å². The maximum atomic E-state index is 12.0. The normalized spacial score (nSPS) is 10.5. The third-order valence-corrected chi connectivity index (χ3v) is 4.15. The predicted molar refractivity (Wildman–Crippen MR) is 84.8 cm³/mol. The van der Waals surface area contributed by atoms with Crippen LogP contribution in [-0.4, -0.2) is 28.4 Å². The molecule has 22 heavy (non-hydrogen) atoms. The number of aliphatic carboxylic acids is 1. The van der Waals surface area contributed by atoms with Gasteiger partial charge in [-0.25, -0.2) is 4.98 Å². The Labute approximate surface area is 144 Å². The third kappa shape index (κ3) is 4.33. The molecule has 1 aromatic carbocycles. The molecule has 0 saturated heterocycles. The zero-order chi connectivity index (χ0) is 16.3. The number of rotatable bonds is 6. The Kier molecular flexibility index (Phi) is 5.63. The predicted octanol–water partition coefficient (Wildman–Crippen LogP) is 3.99. The van der Waals surface area contributed by atoms with Gasteiger partial charge in [0.05, 0.1) is 22.2 Å². The van der Waals surface area contributed by atoms with Crippen molar-refractivity contribution < 1.29 is 19.4 Å². The lowest BCUT2D eigenvalue weighted by Gasteiger charge is -2.08. The number of benzene rings is 1. The molecule has 0 spiro atoms. The SMILES string of the molecule is O=C(O)Cc1csc(C(=O)COc2c(Cl)cc(Cl)cc2Cl)n1. The monoisotopic (exact) mass is 379 g/mol. The second-order valence-electron chi connectivity index (χ2n) is 4.12. The molecule has 1 N–H and O–H groups in total. The summed E-state index contributed by atoms with van der Waals surface area (Å²) in [6.45, 7) is -0.318. The Morgan fingerprint density at radius 3 is 2.45 bits per heavy atom. The van der Waals surface area contributed by atoms with Gasteiger partial charge in [0.25, 0.3) is 0 Å². The molecule has 0 aliphatic heterocycles. The molecule has 0 atom stereocenters. The molecule has 0 saturated carbocycles. The summed E-state index contributed by atoms with van der Waals surface area (Å²) in [5.41, 5.74) is 0.323. The summed E-state index contributed by atoms with van der Waals surface area (Å²) in [6.07, 6.45) is -0.237. The number of aromatic nitrogens is 1. The molecular weight excluding hydrogens is 373 g/mol. The maximum absolute atomic E-state index is 12.0. The van der Waals surface area contributed by atoms with Gasteiger partial charge in [-0.15, -0.1) is 11.3 Å². The molecule has 5 nitrogen and oxygen atoms in total. The van der Waals surface area contributed by atoms with E-state index in [0.29, 0.717) is 10.7 Å². The molecule has 0 fully saturated rings. The van der Waals surface area contributed by atoms with Crippen LogP contribution in [0.5, 0.6) is 5.75 Å². The van der Waals surface area contributed by atoms with Gasteiger partial charge >= 0.3 is 5.97 Å². The fraction of sp³-hybridized carbons (Fsp3) is 0.154. The van der Waals surface area contributed by atoms with Gasteiger partial charge < -0.3 is 9.84 Å². The molecule has 0 aliphatic rings. The number of thiazole rings is 1. The Bertz CT molecular complexity index is 709. The summed E-state index contributed by atoms with van der Waals surface area (Å²) < 4.78 is 5.31. The van der Waals surface area contributed by atoms with Crippen molar-refractivity contribution >= 4 is 57.9 Å². The topological polar surface area (TPSA) is 76.5 Å². The minimum absolute atomic E-state index is 0.156. The van der Waals surface area contributed by atoms with Crippen molar-refractivity contribution in [3.63, 3.8) is 0 Å². The summed E-state index contributed by atoms with van der Waals surface area (Å²) in [5.74, 6) is -1.26. The number of carbonyl (C=O) groups is 2. The van der Waals surface area contributed by atoms with E-state index in [9.17, 15) is 9.59 Å². The zero-order valence-electron chi connectivity index (χ0n) is 10.8. The highest BCUT2D eigenvalue weighted by atomic mass is 35.5. The number of carbonyl (C=O) groups excluding carboxylic acids is 1. The first-order valence-corrected chi connectivity index (χ1v) is 7.85. The Morgan fingerprint density at radius 1 is 1.23 bits per heavy atom. The highest BCUT2D eigenvalue weighted by Crippen LogP contribution is 2.35. The average Bonchev–Trinajstić information content (AvgIpc) is 2.84. The summed E-state index contributed by atoms with van der Waals surface area (Å²) in [6, 6.07) is 2.90. The highest BCUT2D eigenvalue weighted by molar-refractivity contribution is 7.11. The molecule has 0 amide bonds. The smallest absolute Gasteiger partial charge is 0.309 e. The summed E-state index contributed by atoms with van der Waals surface area (Å²) in [7, 11) is 0. The fourth-order valence-electron chi connectivity index (χ4n) is 1.54. The second kappa shape index (κ2) is 7.28. The number of Topliss-reactive ketones (excluding diaryl/α,β-unsaturated/α-hetero) is 1. The molecule has 0 unspecified atom stereocenters. The van der Waals surface area contributed by atoms with Crippen molar-refractivity contribution in [2.75, 3.05) is 6.61 Å². The maximum Gasteiger partial charge on any atom is 0.309 e. The van der Waals surface area contributed by atoms with Crippen LogP contribution in [0.4, 0.5) is 0 Å². The van der Waals surface area contributed by atoms with Crippen molar-refractivity contribution in [3.05, 3.63) is 43.3 Å². The first-order valence-electron chi connectivity index (χ1n) is 5.83. The number of carboxylic acids is 1. The van der Waals surface area contributed by atoms with E-state index in [0.717, 1.165) is 11.3 Å². The molecule has 1 heterocycles. The van der Waals surface area contributed by atoms with Gasteiger partial charge in [-0.2, -0.15) is 0 Å². The standard InChI is InChI=1S/C13H8Cl3NO4S/c14-6-1-8(15)12(9(16)2-6)21-4-10(18)13-17-7(5-22-13)3-11(19)20/h1-2,5H,3-4H2,(H,19,20). The summed E-state index contributed by atoms with van der Waals surface area (Å²) >= 11 is 18.7. The van der Waals surface area contributed by atoms with Gasteiger partial charge in [0.15, 0.2) is 17.4 Å². The molecule has 9 heteroatoms. The van der Waals surface area contributed by atoms with Gasteiger partial charge in [0.1, 0.15) is 0 Å². The van der Waals surface area contributed by atoms with Gasteiger partial charge in [-0.1, -0.05) is 34.8 Å². The van der Waals surface area contributed by atoms with Crippen molar-refractivity contribution in [1.29, 1.82) is 0 Å². The number of hydrogen-bond acceptors (Lipinski definition) is 5. The van der Waals surface area contributed by atoms with Crippen LogP contribution in [0.15, 0.2) is 17.5 Å². The minimum Gasteiger partial charge on any atom is -0.482 e. The van der Waals surface area contributed by atoms with Gasteiger partial charge in [0.2, 0.25) is 5.78 Å². The van der Waals surface area contributed by atoms with Crippen LogP contribution in [0.2, 0.25) is 15.1 Å². The minimum atomic E-state index is -1.01. The highest BCUT2D eigenvalue weighted by Gasteiger charge is 2.16. The fourth-order valence-corrected chi connectivity index (χ4v) is 3.21. The number of ether oxygens (including phenoxy) is 1. The van der Waals surface area contributed by atoms with Gasteiger partial charge in [0, 0.05) is 10.4 Å². The van der Waals surface area contributed by atoms with Crippen molar-refractivity contribution in [2.24, 2.45) is 0 Å². The lowest BCUT2D eigenvalue weighted by Crippen LogP contribution is -2.12. The van der Waals surface area contributed by atoms with Gasteiger partial charge in [-0.05, 0) is 12.1 Å². The number of halogens is 3. The summed E-state index contributed by atoms with van der Waals surface area (Å²) in [4.78, 5) is 26.5. The van der Waals surface area contributed by atoms with Crippen molar-refractivity contribution in [1.82, 2.24) is 4.98 Å². The lowest BCUT2D eigenvalue weighted by molar-refractivity contribution is -0.136. The number of carboxylic acid groups (broad SMARTS) is 1. The molecule has 0 radical (unpaired) electrons. The van der Waals surface area contributed by atoms with E-state index in [4.69, 9.17) is 44.6 Å². The number of nitrogens with zero attached hydrogens (tertiary/aromatic N) is 1. The number of ketones is 1. The molecule has 0 aliphatic carbocycles. The van der Waals surface area contributed by atoms with Crippen molar-refractivity contribution in [2.45, 2.75) is 6.42 Å². The Morgan fingerprint density at radius 2 is 1.86 bits per heavy atom. The third-order valence-electron chi connectivity index (χ3n) is 2.43. The molecule has 0 bridgehead atoms. The molecule has 2 rings (SSSR count). The molecule has 1 aromatic heterocycles. The number of hydrogen-bond donors (Lipinski definition) is 1. The van der Waals surface area contributed by atoms with Crippen LogP contribution in [0.25, 0.3) is 0 Å². The molecule has 116 valence electrons. The van der Waals surface area contributed by atoms with Crippen LogP contribution in [0.3, 0.4) is 0 Å². The van der Waals surface area contributed by atoms with E-state index in [1.807, 2.05) is 0 Å². The lowest BCUT2D eigenvalue weighted by atomic mass is 10.3. The first-order chi connectivity index (χ1) is 10.4.